The lowest BCUT2D eigenvalue weighted by Gasteiger charge is -2.07. The Hall–Kier alpha value is -1.71. The van der Waals surface area contributed by atoms with E-state index >= 15 is 0 Å². The highest BCUT2D eigenvalue weighted by molar-refractivity contribution is 7.98. The molecule has 1 fully saturated rings. The summed E-state index contributed by atoms with van der Waals surface area (Å²) < 4.78 is 25.3. The first kappa shape index (κ1) is 18.6. The Labute approximate surface area is 167 Å². The van der Waals surface area contributed by atoms with Crippen molar-refractivity contribution in [2.75, 3.05) is 11.5 Å². The molecule has 6 nitrogen and oxygen atoms in total. The Bertz CT molecular complexity index is 1050. The van der Waals surface area contributed by atoms with Crippen molar-refractivity contribution >= 4 is 32.9 Å². The Morgan fingerprint density at radius 3 is 2.74 bits per heavy atom. The number of aryl methyl sites for hydroxylation is 1. The first-order valence-corrected chi connectivity index (χ1v) is 12.3. The minimum absolute atomic E-state index is 0.0470. The second-order valence-corrected chi connectivity index (χ2v) is 10.8. The second kappa shape index (κ2) is 7.37. The van der Waals surface area contributed by atoms with Crippen LogP contribution in [0.1, 0.15) is 29.4 Å². The highest BCUT2D eigenvalue weighted by atomic mass is 32.2. The maximum atomic E-state index is 11.7. The Balaban J connectivity index is 1.43. The van der Waals surface area contributed by atoms with Crippen LogP contribution in [0.3, 0.4) is 0 Å². The molecule has 3 aromatic rings. The molecule has 1 aliphatic heterocycles. The highest BCUT2D eigenvalue weighted by Gasteiger charge is 2.32. The first-order valence-electron chi connectivity index (χ1n) is 8.65. The van der Waals surface area contributed by atoms with Gasteiger partial charge < -0.3 is 4.57 Å². The molecule has 142 valence electrons. The number of hydrogen-bond donors (Lipinski definition) is 0. The fourth-order valence-electron chi connectivity index (χ4n) is 3.15. The van der Waals surface area contributed by atoms with E-state index in [1.54, 1.807) is 23.1 Å². The zero-order valence-corrected chi connectivity index (χ0v) is 17.6. The number of rotatable bonds is 5. The minimum Gasteiger partial charge on any atom is -0.309 e. The summed E-state index contributed by atoms with van der Waals surface area (Å²) in [7, 11) is -1.03. The predicted molar refractivity (Wildman–Crippen MR) is 109 cm³/mol. The Morgan fingerprint density at radius 2 is 2.04 bits per heavy atom. The summed E-state index contributed by atoms with van der Waals surface area (Å²) in [4.78, 5) is 4.72. The smallest absolute Gasteiger partial charge is 0.191 e. The van der Waals surface area contributed by atoms with E-state index in [4.69, 9.17) is 4.98 Å². The third-order valence-corrected chi connectivity index (χ3v) is 8.43. The lowest BCUT2D eigenvalue weighted by Crippen LogP contribution is -2.09. The van der Waals surface area contributed by atoms with Crippen molar-refractivity contribution in [1.82, 2.24) is 19.7 Å². The summed E-state index contributed by atoms with van der Waals surface area (Å²) in [5.41, 5.74) is 3.37. The fraction of sp³-hybridized carbons (Fsp3) is 0.389. The van der Waals surface area contributed by atoms with E-state index in [0.717, 1.165) is 27.2 Å². The van der Waals surface area contributed by atoms with Crippen LogP contribution in [0.15, 0.2) is 34.8 Å². The second-order valence-electron chi connectivity index (χ2n) is 6.80. The third-order valence-electron chi connectivity index (χ3n) is 4.67. The van der Waals surface area contributed by atoms with E-state index < -0.39 is 9.84 Å². The van der Waals surface area contributed by atoms with Gasteiger partial charge in [-0.05, 0) is 13.3 Å². The number of nitrogens with zero attached hydrogens (tertiary/aromatic N) is 4. The monoisotopic (exact) mass is 420 g/mol. The van der Waals surface area contributed by atoms with Crippen LogP contribution in [0.2, 0.25) is 0 Å². The average Bonchev–Trinajstić information content (AvgIpc) is 3.33. The van der Waals surface area contributed by atoms with Crippen LogP contribution in [0.5, 0.6) is 0 Å². The Morgan fingerprint density at radius 1 is 1.26 bits per heavy atom. The van der Waals surface area contributed by atoms with E-state index in [0.29, 0.717) is 12.2 Å². The van der Waals surface area contributed by atoms with Crippen LogP contribution in [0.25, 0.3) is 10.6 Å². The molecule has 3 heterocycles. The lowest BCUT2D eigenvalue weighted by molar-refractivity contribution is 0.599. The van der Waals surface area contributed by atoms with Gasteiger partial charge in [0.15, 0.2) is 15.0 Å². The molecule has 4 rings (SSSR count). The van der Waals surface area contributed by atoms with Crippen molar-refractivity contribution in [2.45, 2.75) is 30.2 Å². The quantitative estimate of drug-likeness (QED) is 0.589. The number of thioether (sulfide) groups is 1. The van der Waals surface area contributed by atoms with E-state index in [9.17, 15) is 8.42 Å². The van der Waals surface area contributed by atoms with Crippen molar-refractivity contribution in [3.05, 3.63) is 46.7 Å². The maximum Gasteiger partial charge on any atom is 0.191 e. The summed E-state index contributed by atoms with van der Waals surface area (Å²) in [6.45, 7) is 2.07. The van der Waals surface area contributed by atoms with Gasteiger partial charge in [0.05, 0.1) is 17.2 Å². The van der Waals surface area contributed by atoms with Crippen molar-refractivity contribution < 1.29 is 8.42 Å². The number of thiazole rings is 1. The van der Waals surface area contributed by atoms with Gasteiger partial charge >= 0.3 is 0 Å². The van der Waals surface area contributed by atoms with Gasteiger partial charge in [0.1, 0.15) is 10.8 Å². The van der Waals surface area contributed by atoms with Gasteiger partial charge in [0.2, 0.25) is 0 Å². The average molecular weight is 421 g/mol. The van der Waals surface area contributed by atoms with Gasteiger partial charge in [-0.2, -0.15) is 0 Å². The van der Waals surface area contributed by atoms with Crippen molar-refractivity contribution in [3.63, 3.8) is 0 Å². The summed E-state index contributed by atoms with van der Waals surface area (Å²) in [5, 5.41) is 12.4. The summed E-state index contributed by atoms with van der Waals surface area (Å²) >= 11 is 3.21. The molecule has 1 aliphatic rings. The molecule has 0 amide bonds. The van der Waals surface area contributed by atoms with Gasteiger partial charge in [0, 0.05) is 29.7 Å². The predicted octanol–water partition coefficient (Wildman–Crippen LogP) is 3.44. The molecule has 1 saturated heterocycles. The molecule has 0 N–H and O–H groups in total. The summed E-state index contributed by atoms with van der Waals surface area (Å²) in [5.74, 6) is 1.84. The fourth-order valence-corrected chi connectivity index (χ4v) is 6.63. The molecule has 0 spiro atoms. The summed E-state index contributed by atoms with van der Waals surface area (Å²) in [6, 6.07) is 8.37. The van der Waals surface area contributed by atoms with E-state index in [2.05, 4.69) is 46.8 Å². The normalized spacial score (nSPS) is 18.8. The van der Waals surface area contributed by atoms with Crippen molar-refractivity contribution in [2.24, 2.45) is 7.05 Å². The van der Waals surface area contributed by atoms with Crippen LogP contribution in [-0.4, -0.2) is 39.7 Å². The highest BCUT2D eigenvalue weighted by Crippen LogP contribution is 2.31. The minimum atomic E-state index is -2.93. The Kier molecular flexibility index (Phi) is 5.09. The molecule has 0 bridgehead atoms. The van der Waals surface area contributed by atoms with Crippen molar-refractivity contribution in [1.29, 1.82) is 0 Å². The van der Waals surface area contributed by atoms with E-state index in [1.165, 1.54) is 5.56 Å². The van der Waals surface area contributed by atoms with Gasteiger partial charge in [-0.3, -0.25) is 0 Å². The molecule has 0 radical (unpaired) electrons. The van der Waals surface area contributed by atoms with Gasteiger partial charge in [-0.1, -0.05) is 41.6 Å². The van der Waals surface area contributed by atoms with Gasteiger partial charge in [0.25, 0.3) is 0 Å². The zero-order valence-electron chi connectivity index (χ0n) is 15.1. The SMILES string of the molecule is Cc1ccc(-c2nc(CSc3nnc(C4CCS(=O)(=O)C4)n3C)cs2)cc1. The van der Waals surface area contributed by atoms with E-state index in [1.807, 2.05) is 11.6 Å². The number of sulfone groups is 1. The van der Waals surface area contributed by atoms with Crippen LogP contribution < -0.4 is 0 Å². The summed E-state index contributed by atoms with van der Waals surface area (Å²) in [6.07, 6.45) is 0.630. The lowest BCUT2D eigenvalue weighted by atomic mass is 10.1. The largest absolute Gasteiger partial charge is 0.309 e. The first-order chi connectivity index (χ1) is 12.9. The van der Waals surface area contributed by atoms with E-state index in [-0.39, 0.29) is 17.4 Å². The third kappa shape index (κ3) is 4.09. The molecule has 9 heteroatoms. The van der Waals surface area contributed by atoms with Crippen LogP contribution in [-0.2, 0) is 22.6 Å². The van der Waals surface area contributed by atoms with Gasteiger partial charge in [-0.15, -0.1) is 21.5 Å². The molecule has 1 atom stereocenters. The van der Waals surface area contributed by atoms with Crippen molar-refractivity contribution in [3.8, 4) is 10.6 Å². The van der Waals surface area contributed by atoms with Crippen LogP contribution in [0, 0.1) is 6.92 Å². The van der Waals surface area contributed by atoms with Crippen LogP contribution in [0.4, 0.5) is 0 Å². The molecule has 0 aliphatic carbocycles. The molecular formula is C18H20N4O2S3. The zero-order chi connectivity index (χ0) is 19.0. The van der Waals surface area contributed by atoms with Gasteiger partial charge in [-0.25, -0.2) is 13.4 Å². The number of aromatic nitrogens is 4. The molecule has 2 aromatic heterocycles. The maximum absolute atomic E-state index is 11.7. The standard InChI is InChI=1S/C18H20N4O2S3/c1-12-3-5-13(6-4-12)17-19-15(9-25-17)10-26-18-21-20-16(22(18)2)14-7-8-27(23,24)11-14/h3-6,9,14H,7-8,10-11H2,1-2H3. The van der Waals surface area contributed by atoms with Crippen LogP contribution >= 0.6 is 23.1 Å². The number of hydrogen-bond acceptors (Lipinski definition) is 7. The molecule has 1 unspecified atom stereocenters. The number of benzene rings is 1. The topological polar surface area (TPSA) is 77.7 Å². The molecule has 27 heavy (non-hydrogen) atoms. The molecule has 0 saturated carbocycles. The molecular weight excluding hydrogens is 400 g/mol. The molecule has 1 aromatic carbocycles.